The molecule has 4 nitrogen and oxygen atoms in total. The number of ether oxygens (including phenoxy) is 1. The van der Waals surface area contributed by atoms with E-state index in [4.69, 9.17) is 4.74 Å². The highest BCUT2D eigenvalue weighted by atomic mass is 16.5. The van der Waals surface area contributed by atoms with Crippen LogP contribution in [0.2, 0.25) is 0 Å². The lowest BCUT2D eigenvalue weighted by molar-refractivity contribution is -0.135. The first-order valence-corrected chi connectivity index (χ1v) is 9.38. The van der Waals surface area contributed by atoms with Crippen molar-refractivity contribution in [1.82, 2.24) is 9.80 Å². The molecule has 1 saturated heterocycles. The fraction of sp³-hybridized carbons (Fsp3) is 0.409. The molecule has 0 saturated carbocycles. The van der Waals surface area contributed by atoms with Crippen molar-refractivity contribution in [2.45, 2.75) is 26.3 Å². The quantitative estimate of drug-likeness (QED) is 0.797. The van der Waals surface area contributed by atoms with Gasteiger partial charge in [-0.2, -0.15) is 0 Å². The zero-order valence-electron chi connectivity index (χ0n) is 15.7. The van der Waals surface area contributed by atoms with E-state index in [1.165, 1.54) is 11.1 Å². The monoisotopic (exact) mass is 352 g/mol. The van der Waals surface area contributed by atoms with Crippen LogP contribution in [0.1, 0.15) is 30.9 Å². The first-order valence-electron chi connectivity index (χ1n) is 9.38. The summed E-state index contributed by atoms with van der Waals surface area (Å²) in [6.45, 7) is 8.73. The molecule has 1 fully saturated rings. The SMILES string of the molecule is CC(C)c1ccc(OCC(=O)N2CCN(Cc3ccccc3)CC2)cc1. The highest BCUT2D eigenvalue weighted by molar-refractivity contribution is 5.77. The summed E-state index contributed by atoms with van der Waals surface area (Å²) in [4.78, 5) is 16.7. The van der Waals surface area contributed by atoms with Crippen molar-refractivity contribution in [3.05, 3.63) is 65.7 Å². The van der Waals surface area contributed by atoms with Crippen molar-refractivity contribution in [2.24, 2.45) is 0 Å². The molecule has 0 spiro atoms. The summed E-state index contributed by atoms with van der Waals surface area (Å²) in [5.74, 6) is 1.32. The number of hydrogen-bond acceptors (Lipinski definition) is 3. The van der Waals surface area contributed by atoms with Crippen molar-refractivity contribution in [3.63, 3.8) is 0 Å². The van der Waals surface area contributed by atoms with Crippen LogP contribution in [0.5, 0.6) is 5.75 Å². The molecule has 1 aliphatic rings. The average Bonchev–Trinajstić information content (AvgIpc) is 2.68. The van der Waals surface area contributed by atoms with Gasteiger partial charge in [-0.25, -0.2) is 0 Å². The Morgan fingerprint density at radius 3 is 2.23 bits per heavy atom. The number of amides is 1. The lowest BCUT2D eigenvalue weighted by atomic mass is 10.0. The second-order valence-electron chi connectivity index (χ2n) is 7.15. The number of piperazine rings is 1. The van der Waals surface area contributed by atoms with E-state index in [1.54, 1.807) is 0 Å². The molecule has 1 amide bonds. The van der Waals surface area contributed by atoms with E-state index in [0.29, 0.717) is 5.92 Å². The summed E-state index contributed by atoms with van der Waals surface area (Å²) in [6.07, 6.45) is 0. The second-order valence-corrected chi connectivity index (χ2v) is 7.15. The normalized spacial score (nSPS) is 15.3. The van der Waals surface area contributed by atoms with Gasteiger partial charge < -0.3 is 9.64 Å². The lowest BCUT2D eigenvalue weighted by Gasteiger charge is -2.34. The number of benzene rings is 2. The van der Waals surface area contributed by atoms with Gasteiger partial charge in [-0.1, -0.05) is 56.3 Å². The summed E-state index contributed by atoms with van der Waals surface area (Å²) >= 11 is 0. The molecule has 2 aromatic carbocycles. The molecule has 1 heterocycles. The fourth-order valence-electron chi connectivity index (χ4n) is 3.18. The number of carbonyl (C=O) groups is 1. The smallest absolute Gasteiger partial charge is 0.260 e. The predicted molar refractivity (Wildman–Crippen MR) is 104 cm³/mol. The Hall–Kier alpha value is -2.33. The maximum Gasteiger partial charge on any atom is 0.260 e. The Bertz CT molecular complexity index is 690. The molecule has 2 aromatic rings. The van der Waals surface area contributed by atoms with Crippen LogP contribution in [0, 0.1) is 0 Å². The number of nitrogens with zero attached hydrogens (tertiary/aromatic N) is 2. The molecule has 1 aliphatic heterocycles. The van der Waals surface area contributed by atoms with Crippen molar-refractivity contribution >= 4 is 5.91 Å². The zero-order valence-corrected chi connectivity index (χ0v) is 15.7. The van der Waals surface area contributed by atoms with E-state index in [2.05, 4.69) is 55.1 Å². The third-order valence-corrected chi connectivity index (χ3v) is 4.88. The molecule has 0 aromatic heterocycles. The van der Waals surface area contributed by atoms with Gasteiger partial charge in [0.05, 0.1) is 0 Å². The highest BCUT2D eigenvalue weighted by Crippen LogP contribution is 2.18. The van der Waals surface area contributed by atoms with Gasteiger partial charge in [0.1, 0.15) is 5.75 Å². The van der Waals surface area contributed by atoms with E-state index < -0.39 is 0 Å². The average molecular weight is 352 g/mol. The molecule has 26 heavy (non-hydrogen) atoms. The Labute approximate surface area is 156 Å². The van der Waals surface area contributed by atoms with Crippen molar-refractivity contribution in [2.75, 3.05) is 32.8 Å². The van der Waals surface area contributed by atoms with Crippen molar-refractivity contribution in [1.29, 1.82) is 0 Å². The minimum absolute atomic E-state index is 0.0669. The Balaban J connectivity index is 1.42. The van der Waals surface area contributed by atoms with E-state index in [9.17, 15) is 4.79 Å². The molecule has 0 radical (unpaired) electrons. The van der Waals surface area contributed by atoms with Crippen LogP contribution in [0.3, 0.4) is 0 Å². The number of carbonyl (C=O) groups excluding carboxylic acids is 1. The second kappa shape index (κ2) is 8.86. The third-order valence-electron chi connectivity index (χ3n) is 4.88. The molecule has 0 N–H and O–H groups in total. The fourth-order valence-corrected chi connectivity index (χ4v) is 3.18. The van der Waals surface area contributed by atoms with Gasteiger partial charge in [0.25, 0.3) is 5.91 Å². The summed E-state index contributed by atoms with van der Waals surface area (Å²) in [5.41, 5.74) is 2.60. The molecule has 3 rings (SSSR count). The molecular formula is C22H28N2O2. The minimum Gasteiger partial charge on any atom is -0.484 e. The Morgan fingerprint density at radius 1 is 0.962 bits per heavy atom. The molecule has 0 unspecified atom stereocenters. The van der Waals surface area contributed by atoms with Crippen LogP contribution in [-0.2, 0) is 11.3 Å². The van der Waals surface area contributed by atoms with Gasteiger partial charge in [-0.05, 0) is 29.2 Å². The van der Waals surface area contributed by atoms with Crippen molar-refractivity contribution in [3.8, 4) is 5.75 Å². The summed E-state index contributed by atoms with van der Waals surface area (Å²) < 4.78 is 5.67. The largest absolute Gasteiger partial charge is 0.484 e. The summed E-state index contributed by atoms with van der Waals surface area (Å²) in [6, 6.07) is 18.5. The molecule has 4 heteroatoms. The van der Waals surface area contributed by atoms with E-state index in [-0.39, 0.29) is 12.5 Å². The summed E-state index contributed by atoms with van der Waals surface area (Å²) in [5, 5.41) is 0. The van der Waals surface area contributed by atoms with Gasteiger partial charge in [0, 0.05) is 32.7 Å². The lowest BCUT2D eigenvalue weighted by Crippen LogP contribution is -2.49. The van der Waals surface area contributed by atoms with E-state index in [0.717, 1.165) is 38.5 Å². The first kappa shape index (κ1) is 18.5. The van der Waals surface area contributed by atoms with Crippen LogP contribution in [0.15, 0.2) is 54.6 Å². The summed E-state index contributed by atoms with van der Waals surface area (Å²) in [7, 11) is 0. The number of rotatable bonds is 6. The molecule has 138 valence electrons. The standard InChI is InChI=1S/C22H28N2O2/c1-18(2)20-8-10-21(11-9-20)26-17-22(25)24-14-12-23(13-15-24)16-19-6-4-3-5-7-19/h3-11,18H,12-17H2,1-2H3. The zero-order chi connectivity index (χ0) is 18.4. The number of hydrogen-bond donors (Lipinski definition) is 0. The third kappa shape index (κ3) is 5.09. The van der Waals surface area contributed by atoms with Crippen LogP contribution in [0.4, 0.5) is 0 Å². The van der Waals surface area contributed by atoms with Crippen LogP contribution in [-0.4, -0.2) is 48.5 Å². The van der Waals surface area contributed by atoms with Crippen LogP contribution >= 0.6 is 0 Å². The first-order chi connectivity index (χ1) is 12.6. The molecule has 0 atom stereocenters. The topological polar surface area (TPSA) is 32.8 Å². The maximum absolute atomic E-state index is 12.4. The van der Waals surface area contributed by atoms with Gasteiger partial charge in [0.2, 0.25) is 0 Å². The van der Waals surface area contributed by atoms with Crippen LogP contribution < -0.4 is 4.74 Å². The van der Waals surface area contributed by atoms with Gasteiger partial charge in [-0.15, -0.1) is 0 Å². The van der Waals surface area contributed by atoms with Crippen molar-refractivity contribution < 1.29 is 9.53 Å². The Morgan fingerprint density at radius 2 is 1.62 bits per heavy atom. The highest BCUT2D eigenvalue weighted by Gasteiger charge is 2.21. The van der Waals surface area contributed by atoms with Gasteiger partial charge >= 0.3 is 0 Å². The van der Waals surface area contributed by atoms with Gasteiger partial charge in [0.15, 0.2) is 6.61 Å². The molecular weight excluding hydrogens is 324 g/mol. The maximum atomic E-state index is 12.4. The Kier molecular flexibility index (Phi) is 6.29. The van der Waals surface area contributed by atoms with Gasteiger partial charge in [-0.3, -0.25) is 9.69 Å². The van der Waals surface area contributed by atoms with Crippen LogP contribution in [0.25, 0.3) is 0 Å². The van der Waals surface area contributed by atoms with E-state index >= 15 is 0 Å². The predicted octanol–water partition coefficient (Wildman–Crippen LogP) is 3.53. The minimum atomic E-state index is 0.0669. The molecule has 0 aliphatic carbocycles. The van der Waals surface area contributed by atoms with E-state index in [1.807, 2.05) is 23.1 Å². The molecule has 0 bridgehead atoms.